The lowest BCUT2D eigenvalue weighted by Crippen LogP contribution is -2.22. The molecule has 0 aromatic rings. The molecule has 0 heterocycles. The Morgan fingerprint density at radius 2 is 1.27 bits per heavy atom. The number of likely N-dealkylation sites (N-methyl/N-ethyl adjacent to an activating group) is 1. The lowest BCUT2D eigenvalue weighted by molar-refractivity contribution is 0.135. The van der Waals surface area contributed by atoms with E-state index in [1.54, 1.807) is 0 Å². The highest BCUT2D eigenvalue weighted by Gasteiger charge is 2.20. The average molecular weight is 448 g/mol. The highest BCUT2D eigenvalue weighted by molar-refractivity contribution is 7.47. The predicted molar refractivity (Wildman–Crippen MR) is 127 cm³/mol. The van der Waals surface area contributed by atoms with Gasteiger partial charge in [-0.25, -0.2) is 4.57 Å². The zero-order chi connectivity index (χ0) is 21.9. The molecule has 180 valence electrons. The van der Waals surface area contributed by atoms with Crippen molar-refractivity contribution in [3.05, 3.63) is 0 Å². The third kappa shape index (κ3) is 16.7. The van der Waals surface area contributed by atoms with Gasteiger partial charge in [0.05, 0.1) is 13.2 Å². The van der Waals surface area contributed by atoms with Crippen molar-refractivity contribution in [1.82, 2.24) is 4.90 Å². The van der Waals surface area contributed by atoms with Gasteiger partial charge in [-0.15, -0.1) is 0 Å². The maximum atomic E-state index is 11.8. The van der Waals surface area contributed by atoms with E-state index in [4.69, 9.17) is 9.05 Å². The Morgan fingerprint density at radius 3 is 1.80 bits per heavy atom. The van der Waals surface area contributed by atoms with Crippen LogP contribution < -0.4 is 0 Å². The molecule has 1 unspecified atom stereocenters. The molecule has 1 saturated carbocycles. The lowest BCUT2D eigenvalue weighted by Gasteiger charge is -2.16. The van der Waals surface area contributed by atoms with E-state index < -0.39 is 7.82 Å². The van der Waals surface area contributed by atoms with Gasteiger partial charge < -0.3 is 9.79 Å². The van der Waals surface area contributed by atoms with Crippen LogP contribution in [-0.2, 0) is 13.6 Å². The summed E-state index contributed by atoms with van der Waals surface area (Å²) in [6, 6.07) is 0. The van der Waals surface area contributed by atoms with Gasteiger partial charge in [-0.2, -0.15) is 0 Å². The largest absolute Gasteiger partial charge is 0.472 e. The average Bonchev–Trinajstić information content (AvgIpc) is 3.24. The van der Waals surface area contributed by atoms with E-state index in [-0.39, 0.29) is 6.61 Å². The highest BCUT2D eigenvalue weighted by atomic mass is 31.2. The van der Waals surface area contributed by atoms with Gasteiger partial charge in [0.15, 0.2) is 0 Å². The van der Waals surface area contributed by atoms with Crippen molar-refractivity contribution in [3.8, 4) is 0 Å². The molecule has 1 aliphatic rings. The van der Waals surface area contributed by atoms with Crippen LogP contribution in [-0.4, -0.2) is 43.1 Å². The molecule has 0 radical (unpaired) electrons. The summed E-state index contributed by atoms with van der Waals surface area (Å²) in [5, 5.41) is 0. The molecular weight excluding hydrogens is 397 g/mol. The van der Waals surface area contributed by atoms with Crippen molar-refractivity contribution in [1.29, 1.82) is 0 Å². The molecule has 1 rings (SSSR count). The molecule has 30 heavy (non-hydrogen) atoms. The molecule has 0 aliphatic heterocycles. The number of hydrogen-bond donors (Lipinski definition) is 1. The Morgan fingerprint density at radius 1 is 0.800 bits per heavy atom. The van der Waals surface area contributed by atoms with Crippen LogP contribution in [0.2, 0.25) is 0 Å². The molecule has 0 bridgehead atoms. The van der Waals surface area contributed by atoms with E-state index in [1.165, 1.54) is 96.3 Å². The third-order valence-corrected chi connectivity index (χ3v) is 7.52. The Hall–Kier alpha value is 0.0700. The molecule has 5 nitrogen and oxygen atoms in total. The lowest BCUT2D eigenvalue weighted by atomic mass is 9.99. The Balaban J connectivity index is 1.76. The summed E-state index contributed by atoms with van der Waals surface area (Å²) in [5.74, 6) is 1.07. The molecule has 1 fully saturated rings. The fraction of sp³-hybridized carbons (Fsp3) is 1.00. The predicted octanol–water partition coefficient (Wildman–Crippen LogP) is 7.33. The first-order valence-electron chi connectivity index (χ1n) is 12.8. The van der Waals surface area contributed by atoms with Gasteiger partial charge in [-0.3, -0.25) is 9.05 Å². The topological polar surface area (TPSA) is 59.0 Å². The van der Waals surface area contributed by atoms with E-state index in [0.717, 1.165) is 25.3 Å². The normalized spacial score (nSPS) is 17.1. The van der Waals surface area contributed by atoms with Gasteiger partial charge in [-0.1, -0.05) is 110 Å². The first-order valence-corrected chi connectivity index (χ1v) is 14.3. The number of phosphoric acid groups is 1. The highest BCUT2D eigenvalue weighted by Crippen LogP contribution is 2.43. The smallest absolute Gasteiger partial charge is 0.304 e. The third-order valence-electron chi connectivity index (χ3n) is 6.50. The molecule has 1 N–H and O–H groups in total. The first kappa shape index (κ1) is 28.1. The molecule has 0 amide bonds. The van der Waals surface area contributed by atoms with E-state index in [9.17, 15) is 9.46 Å². The standard InChI is InChI=1S/C24H50NO4P/c1-3-25(2)21-23-29-30(26,27)28-22-17-13-11-9-7-5-4-6-8-10-12-14-18-24-19-15-16-20-24/h24H,3-23H2,1-2H3,(H,26,27). The van der Waals surface area contributed by atoms with Crippen LogP contribution in [0, 0.1) is 5.92 Å². The minimum Gasteiger partial charge on any atom is -0.304 e. The maximum absolute atomic E-state index is 11.8. The van der Waals surface area contributed by atoms with Gasteiger partial charge in [0.2, 0.25) is 0 Å². The first-order chi connectivity index (χ1) is 14.5. The quantitative estimate of drug-likeness (QED) is 0.147. The second-order valence-corrected chi connectivity index (χ2v) is 10.7. The summed E-state index contributed by atoms with van der Waals surface area (Å²) in [5.41, 5.74) is 0. The minimum atomic E-state index is -3.88. The van der Waals surface area contributed by atoms with Crippen LogP contribution in [0.25, 0.3) is 0 Å². The van der Waals surface area contributed by atoms with E-state index in [1.807, 2.05) is 18.9 Å². The Labute approximate surface area is 186 Å². The summed E-state index contributed by atoms with van der Waals surface area (Å²) in [6.45, 7) is 4.08. The fourth-order valence-corrected chi connectivity index (χ4v) is 5.04. The monoisotopic (exact) mass is 447 g/mol. The van der Waals surface area contributed by atoms with Crippen molar-refractivity contribution in [2.75, 3.05) is 33.4 Å². The zero-order valence-corrected chi connectivity index (χ0v) is 20.9. The molecule has 0 aromatic carbocycles. The van der Waals surface area contributed by atoms with Crippen LogP contribution in [0.5, 0.6) is 0 Å². The molecule has 0 aromatic heterocycles. The summed E-state index contributed by atoms with van der Waals surface area (Å²) in [4.78, 5) is 11.7. The van der Waals surface area contributed by atoms with Crippen LogP contribution in [0.1, 0.15) is 116 Å². The van der Waals surface area contributed by atoms with Crippen molar-refractivity contribution in [2.45, 2.75) is 116 Å². The Kier molecular flexibility index (Phi) is 17.4. The second kappa shape index (κ2) is 18.6. The molecule has 1 aliphatic carbocycles. The number of nitrogens with zero attached hydrogens (tertiary/aromatic N) is 1. The number of unbranched alkanes of at least 4 members (excludes halogenated alkanes) is 11. The summed E-state index contributed by atoms with van der Waals surface area (Å²) < 4.78 is 21.8. The molecule has 6 heteroatoms. The van der Waals surface area contributed by atoms with Crippen molar-refractivity contribution < 1.29 is 18.5 Å². The molecule has 0 spiro atoms. The maximum Gasteiger partial charge on any atom is 0.472 e. The second-order valence-electron chi connectivity index (χ2n) is 9.21. The summed E-state index contributed by atoms with van der Waals surface area (Å²) in [7, 11) is -1.93. The molecule has 0 saturated heterocycles. The SMILES string of the molecule is CCN(C)CCOP(=O)(O)OCCCCCCCCCCCCCCC1CCCC1. The Bertz CT molecular complexity index is 429. The van der Waals surface area contributed by atoms with Crippen molar-refractivity contribution in [3.63, 3.8) is 0 Å². The van der Waals surface area contributed by atoms with Gasteiger partial charge in [0.1, 0.15) is 0 Å². The van der Waals surface area contributed by atoms with Crippen molar-refractivity contribution in [2.24, 2.45) is 5.92 Å². The van der Waals surface area contributed by atoms with Crippen LogP contribution >= 0.6 is 7.82 Å². The van der Waals surface area contributed by atoms with Crippen molar-refractivity contribution >= 4 is 7.82 Å². The fourth-order valence-electron chi connectivity index (χ4n) is 4.29. The number of hydrogen-bond acceptors (Lipinski definition) is 4. The molecule has 1 atom stereocenters. The van der Waals surface area contributed by atoms with E-state index in [2.05, 4.69) is 0 Å². The van der Waals surface area contributed by atoms with Crippen LogP contribution in [0.15, 0.2) is 0 Å². The zero-order valence-electron chi connectivity index (χ0n) is 20.0. The van der Waals surface area contributed by atoms with Gasteiger partial charge in [0.25, 0.3) is 0 Å². The van der Waals surface area contributed by atoms with E-state index in [0.29, 0.717) is 13.2 Å². The minimum absolute atomic E-state index is 0.221. The number of rotatable bonds is 21. The van der Waals surface area contributed by atoms with Crippen LogP contribution in [0.3, 0.4) is 0 Å². The summed E-state index contributed by atoms with van der Waals surface area (Å²) in [6.07, 6.45) is 23.0. The van der Waals surface area contributed by atoms with Gasteiger partial charge in [-0.05, 0) is 25.9 Å². The number of phosphoric ester groups is 1. The van der Waals surface area contributed by atoms with Gasteiger partial charge >= 0.3 is 7.82 Å². The molecular formula is C24H50NO4P. The summed E-state index contributed by atoms with van der Waals surface area (Å²) >= 11 is 0. The van der Waals surface area contributed by atoms with E-state index >= 15 is 0 Å². The van der Waals surface area contributed by atoms with Crippen LogP contribution in [0.4, 0.5) is 0 Å². The van der Waals surface area contributed by atoms with Gasteiger partial charge in [0, 0.05) is 6.54 Å².